The summed E-state index contributed by atoms with van der Waals surface area (Å²) >= 11 is 0. The number of nitrogen functional groups attached to an aromatic ring is 1. The van der Waals surface area contributed by atoms with Crippen molar-refractivity contribution in [2.75, 3.05) is 5.73 Å². The molecule has 0 aliphatic carbocycles. The van der Waals surface area contributed by atoms with E-state index in [4.69, 9.17) is 5.73 Å². The van der Waals surface area contributed by atoms with Gasteiger partial charge in [-0.1, -0.05) is 0 Å². The van der Waals surface area contributed by atoms with E-state index in [2.05, 4.69) is 20.2 Å². The predicted molar refractivity (Wildman–Crippen MR) is 63.2 cm³/mol. The first kappa shape index (κ1) is 9.59. The molecule has 0 fully saturated rings. The number of anilines is 1. The normalized spacial score (nSPS) is 10.8. The number of aromatic hydroxyl groups is 1. The summed E-state index contributed by atoms with van der Waals surface area (Å²) in [7, 11) is 0. The van der Waals surface area contributed by atoms with E-state index in [0.717, 1.165) is 11.3 Å². The third kappa shape index (κ3) is 1.46. The lowest BCUT2D eigenvalue weighted by atomic mass is 10.1. The number of H-pyrrole nitrogens is 1. The minimum absolute atomic E-state index is 0.210. The van der Waals surface area contributed by atoms with Gasteiger partial charge in [0.15, 0.2) is 5.65 Å². The number of rotatable bonds is 1. The molecule has 0 bridgehead atoms. The highest BCUT2D eigenvalue weighted by Crippen LogP contribution is 2.28. The van der Waals surface area contributed by atoms with Crippen LogP contribution in [0.4, 0.5) is 5.82 Å². The Hall–Kier alpha value is -2.63. The molecule has 0 spiro atoms. The average Bonchev–Trinajstić information content (AvgIpc) is 2.75. The Balaban J connectivity index is 2.27. The summed E-state index contributed by atoms with van der Waals surface area (Å²) in [6.45, 7) is 0. The molecule has 0 saturated heterocycles. The summed E-state index contributed by atoms with van der Waals surface area (Å²) in [4.78, 5) is 7.96. The molecule has 0 radical (unpaired) electrons. The number of nitrogens with two attached hydrogens (primary N) is 1. The van der Waals surface area contributed by atoms with Gasteiger partial charge < -0.3 is 10.8 Å². The second-order valence-corrected chi connectivity index (χ2v) is 3.60. The van der Waals surface area contributed by atoms with Gasteiger partial charge in [-0.3, -0.25) is 5.10 Å². The van der Waals surface area contributed by atoms with E-state index in [0.29, 0.717) is 16.9 Å². The van der Waals surface area contributed by atoms with E-state index in [1.54, 1.807) is 24.3 Å². The molecule has 0 aliphatic heterocycles. The minimum Gasteiger partial charge on any atom is -0.508 e. The lowest BCUT2D eigenvalue weighted by Gasteiger charge is -2.00. The van der Waals surface area contributed by atoms with Crippen molar-refractivity contribution in [3.05, 3.63) is 30.6 Å². The molecule has 6 heteroatoms. The van der Waals surface area contributed by atoms with Crippen molar-refractivity contribution in [1.29, 1.82) is 0 Å². The van der Waals surface area contributed by atoms with Crippen molar-refractivity contribution in [3.8, 4) is 17.0 Å². The number of nitrogens with one attached hydrogen (secondary N) is 1. The number of phenolic OH excluding ortho intramolecular Hbond substituents is 1. The molecule has 0 atom stereocenters. The lowest BCUT2D eigenvalue weighted by Crippen LogP contribution is -1.92. The van der Waals surface area contributed by atoms with Gasteiger partial charge >= 0.3 is 0 Å². The maximum Gasteiger partial charge on any atom is 0.186 e. The first-order chi connectivity index (χ1) is 8.25. The van der Waals surface area contributed by atoms with Crippen molar-refractivity contribution < 1.29 is 5.11 Å². The van der Waals surface area contributed by atoms with E-state index in [1.807, 2.05) is 0 Å². The van der Waals surface area contributed by atoms with E-state index in [9.17, 15) is 5.11 Å². The third-order valence-corrected chi connectivity index (χ3v) is 2.54. The Bertz CT molecular complexity index is 674. The molecule has 0 aliphatic rings. The fraction of sp³-hybridized carbons (Fsp3) is 0. The van der Waals surface area contributed by atoms with Gasteiger partial charge in [-0.05, 0) is 24.3 Å². The third-order valence-electron chi connectivity index (χ3n) is 2.54. The molecule has 84 valence electrons. The van der Waals surface area contributed by atoms with Crippen LogP contribution in [0.25, 0.3) is 22.3 Å². The number of hydrogen-bond acceptors (Lipinski definition) is 5. The van der Waals surface area contributed by atoms with Crippen LogP contribution in [0, 0.1) is 0 Å². The topological polar surface area (TPSA) is 101 Å². The SMILES string of the molecule is Nc1ncnc2n[nH]c(-c3ccc(O)cc3)c12. The van der Waals surface area contributed by atoms with Gasteiger partial charge in [0.1, 0.15) is 17.9 Å². The standard InChI is InChI=1S/C11H9N5O/c12-10-8-9(6-1-3-7(17)4-2-6)15-16-11(8)14-5-13-10/h1-5,17H,(H3,12,13,14,15,16). The molecule has 3 aromatic rings. The Morgan fingerprint density at radius 2 is 1.88 bits per heavy atom. The Labute approximate surface area is 96.1 Å². The molecule has 3 rings (SSSR count). The Morgan fingerprint density at radius 3 is 2.65 bits per heavy atom. The van der Waals surface area contributed by atoms with Gasteiger partial charge in [-0.2, -0.15) is 5.10 Å². The zero-order chi connectivity index (χ0) is 11.8. The summed E-state index contributed by atoms with van der Waals surface area (Å²) in [5.41, 5.74) is 7.95. The van der Waals surface area contributed by atoms with Crippen molar-refractivity contribution in [1.82, 2.24) is 20.2 Å². The first-order valence-electron chi connectivity index (χ1n) is 4.99. The minimum atomic E-state index is 0.210. The fourth-order valence-electron chi connectivity index (χ4n) is 1.72. The highest BCUT2D eigenvalue weighted by molar-refractivity contribution is 5.97. The first-order valence-corrected chi connectivity index (χ1v) is 4.99. The van der Waals surface area contributed by atoms with Crippen LogP contribution in [0.5, 0.6) is 5.75 Å². The van der Waals surface area contributed by atoms with Gasteiger partial charge in [0.05, 0.1) is 11.1 Å². The second kappa shape index (κ2) is 3.44. The van der Waals surface area contributed by atoms with Crippen LogP contribution in [0.3, 0.4) is 0 Å². The summed E-state index contributed by atoms with van der Waals surface area (Å²) in [6.07, 6.45) is 1.37. The molecule has 2 aromatic heterocycles. The van der Waals surface area contributed by atoms with Crippen LogP contribution < -0.4 is 5.73 Å². The zero-order valence-corrected chi connectivity index (χ0v) is 8.75. The van der Waals surface area contributed by atoms with Crippen LogP contribution in [-0.2, 0) is 0 Å². The van der Waals surface area contributed by atoms with Gasteiger partial charge in [-0.25, -0.2) is 9.97 Å². The van der Waals surface area contributed by atoms with Crippen molar-refractivity contribution in [3.63, 3.8) is 0 Å². The highest BCUT2D eigenvalue weighted by atomic mass is 16.3. The van der Waals surface area contributed by atoms with Gasteiger partial charge in [0, 0.05) is 5.56 Å². The van der Waals surface area contributed by atoms with Gasteiger partial charge in [0.25, 0.3) is 0 Å². The lowest BCUT2D eigenvalue weighted by molar-refractivity contribution is 0.475. The summed E-state index contributed by atoms with van der Waals surface area (Å²) in [6, 6.07) is 6.74. The van der Waals surface area contributed by atoms with Crippen LogP contribution in [0.15, 0.2) is 30.6 Å². The second-order valence-electron chi connectivity index (χ2n) is 3.60. The molecule has 4 N–H and O–H groups in total. The Kier molecular flexibility index (Phi) is 1.94. The fourth-order valence-corrected chi connectivity index (χ4v) is 1.72. The molecule has 0 amide bonds. The predicted octanol–water partition coefficient (Wildman–Crippen LogP) is 1.31. The van der Waals surface area contributed by atoms with E-state index in [-0.39, 0.29) is 5.75 Å². The number of aromatic amines is 1. The van der Waals surface area contributed by atoms with E-state index >= 15 is 0 Å². The van der Waals surface area contributed by atoms with Crippen LogP contribution in [0.1, 0.15) is 0 Å². The van der Waals surface area contributed by atoms with Crippen molar-refractivity contribution in [2.24, 2.45) is 0 Å². The molecule has 0 unspecified atom stereocenters. The maximum atomic E-state index is 9.25. The highest BCUT2D eigenvalue weighted by Gasteiger charge is 2.11. The zero-order valence-electron chi connectivity index (χ0n) is 8.75. The molecule has 1 aromatic carbocycles. The maximum absolute atomic E-state index is 9.25. The molecular formula is C11H9N5O. The quantitative estimate of drug-likeness (QED) is 0.581. The monoisotopic (exact) mass is 227 g/mol. The summed E-state index contributed by atoms with van der Waals surface area (Å²) in [5, 5.41) is 16.9. The molecule has 17 heavy (non-hydrogen) atoms. The molecule has 0 saturated carbocycles. The van der Waals surface area contributed by atoms with Crippen molar-refractivity contribution in [2.45, 2.75) is 0 Å². The number of fused-ring (bicyclic) bond motifs is 1. The number of aromatic nitrogens is 4. The average molecular weight is 227 g/mol. The molecular weight excluding hydrogens is 218 g/mol. The largest absolute Gasteiger partial charge is 0.508 e. The smallest absolute Gasteiger partial charge is 0.186 e. The van der Waals surface area contributed by atoms with Crippen LogP contribution in [-0.4, -0.2) is 25.3 Å². The summed E-state index contributed by atoms with van der Waals surface area (Å²) < 4.78 is 0. The Morgan fingerprint density at radius 1 is 1.12 bits per heavy atom. The van der Waals surface area contributed by atoms with Crippen LogP contribution >= 0.6 is 0 Å². The van der Waals surface area contributed by atoms with Gasteiger partial charge in [-0.15, -0.1) is 0 Å². The van der Waals surface area contributed by atoms with E-state index < -0.39 is 0 Å². The molecule has 6 nitrogen and oxygen atoms in total. The summed E-state index contributed by atoms with van der Waals surface area (Å²) in [5.74, 6) is 0.591. The molecule has 2 heterocycles. The number of hydrogen-bond donors (Lipinski definition) is 3. The number of benzene rings is 1. The number of nitrogens with zero attached hydrogens (tertiary/aromatic N) is 3. The number of phenols is 1. The van der Waals surface area contributed by atoms with E-state index in [1.165, 1.54) is 6.33 Å². The van der Waals surface area contributed by atoms with Gasteiger partial charge in [0.2, 0.25) is 0 Å². The van der Waals surface area contributed by atoms with Crippen molar-refractivity contribution >= 4 is 16.9 Å². The van der Waals surface area contributed by atoms with Crippen LogP contribution in [0.2, 0.25) is 0 Å².